The summed E-state index contributed by atoms with van der Waals surface area (Å²) in [5, 5.41) is 3.46. The lowest BCUT2D eigenvalue weighted by atomic mass is 9.96. The maximum absolute atomic E-state index is 5.46. The minimum Gasteiger partial charge on any atom is -0.497 e. The molecule has 1 N–H and O–H groups in total. The van der Waals surface area contributed by atoms with Crippen LogP contribution >= 0.6 is 0 Å². The molecule has 0 bridgehead atoms. The van der Waals surface area contributed by atoms with Crippen molar-refractivity contribution in [2.45, 2.75) is 38.0 Å². The van der Waals surface area contributed by atoms with E-state index in [0.717, 1.165) is 31.7 Å². The predicted octanol–water partition coefficient (Wildman–Crippen LogP) is 2.46. The quantitative estimate of drug-likeness (QED) is 0.873. The molecule has 0 saturated carbocycles. The maximum atomic E-state index is 5.46. The summed E-state index contributed by atoms with van der Waals surface area (Å²) in [5.41, 5.74) is 1.31. The number of hydrogen-bond donors (Lipinski definition) is 1. The van der Waals surface area contributed by atoms with Crippen molar-refractivity contribution in [2.24, 2.45) is 0 Å². The van der Waals surface area contributed by atoms with Gasteiger partial charge < -0.3 is 14.8 Å². The van der Waals surface area contributed by atoms with Crippen LogP contribution in [-0.2, 0) is 4.74 Å². The smallest absolute Gasteiger partial charge is 0.118 e. The molecule has 1 saturated heterocycles. The molecule has 0 amide bonds. The number of methoxy groups -OCH3 is 2. The SMILES string of the molecule is CNC(c1ccc(OC)cc1)C(C)N1CCC(OC)CC1. The highest BCUT2D eigenvalue weighted by molar-refractivity contribution is 5.29. The molecule has 2 atom stereocenters. The van der Waals surface area contributed by atoms with Crippen molar-refractivity contribution in [1.29, 1.82) is 0 Å². The fourth-order valence-corrected chi connectivity index (χ4v) is 3.23. The molecule has 1 aromatic carbocycles. The van der Waals surface area contributed by atoms with E-state index in [9.17, 15) is 0 Å². The van der Waals surface area contributed by atoms with Gasteiger partial charge in [-0.15, -0.1) is 0 Å². The highest BCUT2D eigenvalue weighted by Gasteiger charge is 2.27. The van der Waals surface area contributed by atoms with Crippen LogP contribution < -0.4 is 10.1 Å². The highest BCUT2D eigenvalue weighted by atomic mass is 16.5. The second-order valence-electron chi connectivity index (χ2n) is 5.75. The Morgan fingerprint density at radius 3 is 2.24 bits per heavy atom. The van der Waals surface area contributed by atoms with Gasteiger partial charge in [0.15, 0.2) is 0 Å². The van der Waals surface area contributed by atoms with E-state index in [4.69, 9.17) is 9.47 Å². The van der Waals surface area contributed by atoms with Crippen LogP contribution in [-0.4, -0.2) is 51.4 Å². The summed E-state index contributed by atoms with van der Waals surface area (Å²) in [6, 6.07) is 9.15. The van der Waals surface area contributed by atoms with Crippen molar-refractivity contribution in [3.63, 3.8) is 0 Å². The van der Waals surface area contributed by atoms with Crippen molar-refractivity contribution >= 4 is 0 Å². The normalized spacial score (nSPS) is 20.2. The molecule has 2 rings (SSSR count). The molecule has 1 aliphatic heterocycles. The minimum absolute atomic E-state index is 0.329. The summed E-state index contributed by atoms with van der Waals surface area (Å²) in [7, 11) is 5.55. The Labute approximate surface area is 128 Å². The van der Waals surface area contributed by atoms with Crippen LogP contribution in [0, 0.1) is 0 Å². The highest BCUT2D eigenvalue weighted by Crippen LogP contribution is 2.25. The Bertz CT molecular complexity index is 413. The third kappa shape index (κ3) is 3.96. The molecular formula is C17H28N2O2. The molecular weight excluding hydrogens is 264 g/mol. The molecule has 0 aromatic heterocycles. The molecule has 1 aliphatic rings. The van der Waals surface area contributed by atoms with E-state index >= 15 is 0 Å². The summed E-state index contributed by atoms with van der Waals surface area (Å²) < 4.78 is 10.7. The monoisotopic (exact) mass is 292 g/mol. The molecule has 0 aliphatic carbocycles. The maximum Gasteiger partial charge on any atom is 0.118 e. The zero-order chi connectivity index (χ0) is 15.2. The van der Waals surface area contributed by atoms with Crippen molar-refractivity contribution in [2.75, 3.05) is 34.4 Å². The number of rotatable bonds is 6. The van der Waals surface area contributed by atoms with Crippen molar-refractivity contribution in [1.82, 2.24) is 10.2 Å². The number of benzene rings is 1. The average Bonchev–Trinajstić information content (AvgIpc) is 2.56. The van der Waals surface area contributed by atoms with Crippen LogP contribution in [0.5, 0.6) is 5.75 Å². The van der Waals surface area contributed by atoms with E-state index in [2.05, 4.69) is 29.3 Å². The number of piperidine rings is 1. The van der Waals surface area contributed by atoms with Crippen molar-refractivity contribution in [3.8, 4) is 5.75 Å². The Morgan fingerprint density at radius 1 is 1.14 bits per heavy atom. The standard InChI is InChI=1S/C17H28N2O2/c1-13(19-11-9-16(21-4)10-12-19)17(18-2)14-5-7-15(20-3)8-6-14/h5-8,13,16-18H,9-12H2,1-4H3. The fourth-order valence-electron chi connectivity index (χ4n) is 3.23. The van der Waals surface area contributed by atoms with Crippen molar-refractivity contribution in [3.05, 3.63) is 29.8 Å². The van der Waals surface area contributed by atoms with Crippen LogP contribution in [0.25, 0.3) is 0 Å². The van der Waals surface area contributed by atoms with E-state index in [-0.39, 0.29) is 0 Å². The predicted molar refractivity (Wildman–Crippen MR) is 85.9 cm³/mol. The zero-order valence-corrected chi connectivity index (χ0v) is 13.6. The first-order valence-electron chi connectivity index (χ1n) is 7.77. The van der Waals surface area contributed by atoms with Crippen LogP contribution in [0.15, 0.2) is 24.3 Å². The van der Waals surface area contributed by atoms with Gasteiger partial charge in [0.05, 0.1) is 13.2 Å². The summed E-state index contributed by atoms with van der Waals surface area (Å²) in [5.74, 6) is 0.905. The van der Waals surface area contributed by atoms with Crippen LogP contribution in [0.2, 0.25) is 0 Å². The Morgan fingerprint density at radius 2 is 1.76 bits per heavy atom. The molecule has 4 heteroatoms. The lowest BCUT2D eigenvalue weighted by Gasteiger charge is -2.39. The number of nitrogens with zero attached hydrogens (tertiary/aromatic N) is 1. The third-order valence-corrected chi connectivity index (χ3v) is 4.65. The minimum atomic E-state index is 0.329. The number of hydrogen-bond acceptors (Lipinski definition) is 4. The lowest BCUT2D eigenvalue weighted by Crippen LogP contribution is -2.47. The number of likely N-dealkylation sites (tertiary alicyclic amines) is 1. The van der Waals surface area contributed by atoms with Gasteiger partial charge >= 0.3 is 0 Å². The molecule has 21 heavy (non-hydrogen) atoms. The summed E-state index contributed by atoms with van der Waals surface area (Å²) in [4.78, 5) is 2.56. The van der Waals surface area contributed by atoms with Gasteiger partial charge in [-0.2, -0.15) is 0 Å². The van der Waals surface area contributed by atoms with E-state index in [1.54, 1.807) is 7.11 Å². The van der Waals surface area contributed by atoms with E-state index in [1.165, 1.54) is 5.56 Å². The number of ether oxygens (including phenoxy) is 2. The van der Waals surface area contributed by atoms with Crippen LogP contribution in [0.3, 0.4) is 0 Å². The van der Waals surface area contributed by atoms with Gasteiger partial charge in [-0.3, -0.25) is 4.90 Å². The molecule has 1 aromatic rings. The first-order chi connectivity index (χ1) is 10.2. The Kier molecular flexibility index (Phi) is 6.03. The van der Waals surface area contributed by atoms with Crippen LogP contribution in [0.1, 0.15) is 31.4 Å². The lowest BCUT2D eigenvalue weighted by molar-refractivity contribution is 0.0241. The Hall–Kier alpha value is -1.10. The first kappa shape index (κ1) is 16.3. The second-order valence-corrected chi connectivity index (χ2v) is 5.75. The molecule has 118 valence electrons. The first-order valence-corrected chi connectivity index (χ1v) is 7.77. The summed E-state index contributed by atoms with van der Waals surface area (Å²) in [6.45, 7) is 4.51. The number of nitrogens with one attached hydrogen (secondary N) is 1. The largest absolute Gasteiger partial charge is 0.497 e. The van der Waals surface area contributed by atoms with Gasteiger partial charge in [-0.1, -0.05) is 12.1 Å². The molecule has 1 fully saturated rings. The molecule has 0 radical (unpaired) electrons. The second kappa shape index (κ2) is 7.78. The average molecular weight is 292 g/mol. The molecule has 1 heterocycles. The summed E-state index contributed by atoms with van der Waals surface area (Å²) in [6.07, 6.45) is 2.68. The number of likely N-dealkylation sites (N-methyl/N-ethyl adjacent to an activating group) is 1. The van der Waals surface area contributed by atoms with Gasteiger partial charge in [-0.25, -0.2) is 0 Å². The van der Waals surface area contributed by atoms with Crippen molar-refractivity contribution < 1.29 is 9.47 Å². The Balaban J connectivity index is 2.02. The zero-order valence-electron chi connectivity index (χ0n) is 13.6. The van der Waals surface area contributed by atoms with Gasteiger partial charge in [0.1, 0.15) is 5.75 Å². The van der Waals surface area contributed by atoms with E-state index in [1.807, 2.05) is 26.3 Å². The fraction of sp³-hybridized carbons (Fsp3) is 0.647. The van der Waals surface area contributed by atoms with Gasteiger partial charge in [0.25, 0.3) is 0 Å². The molecule has 2 unspecified atom stereocenters. The van der Waals surface area contributed by atoms with E-state index < -0.39 is 0 Å². The van der Waals surface area contributed by atoms with Crippen LogP contribution in [0.4, 0.5) is 0 Å². The van der Waals surface area contributed by atoms with Gasteiger partial charge in [0.2, 0.25) is 0 Å². The summed E-state index contributed by atoms with van der Waals surface area (Å²) >= 11 is 0. The molecule has 4 nitrogen and oxygen atoms in total. The molecule has 0 spiro atoms. The van der Waals surface area contributed by atoms with E-state index in [0.29, 0.717) is 18.2 Å². The topological polar surface area (TPSA) is 33.7 Å². The van der Waals surface area contributed by atoms with Gasteiger partial charge in [-0.05, 0) is 44.5 Å². The third-order valence-electron chi connectivity index (χ3n) is 4.65. The van der Waals surface area contributed by atoms with Gasteiger partial charge in [0, 0.05) is 32.3 Å².